The summed E-state index contributed by atoms with van der Waals surface area (Å²) in [4.78, 5) is 25.8. The molecule has 1 heterocycles. The number of aryl methyl sites for hydroxylation is 2. The van der Waals surface area contributed by atoms with E-state index < -0.39 is 30.9 Å². The molecule has 0 aliphatic rings. The van der Waals surface area contributed by atoms with E-state index in [9.17, 15) is 14.8 Å². The summed E-state index contributed by atoms with van der Waals surface area (Å²) >= 11 is 0. The van der Waals surface area contributed by atoms with Crippen LogP contribution in [0, 0.1) is 13.8 Å². The van der Waals surface area contributed by atoms with Gasteiger partial charge in [0.25, 0.3) is 5.92 Å². The fourth-order valence-corrected chi connectivity index (χ4v) is 3.19. The maximum atomic E-state index is 15.0. The summed E-state index contributed by atoms with van der Waals surface area (Å²) < 4.78 is 30.7. The van der Waals surface area contributed by atoms with Gasteiger partial charge in [0.15, 0.2) is 5.49 Å². The summed E-state index contributed by atoms with van der Waals surface area (Å²) in [7, 11) is 5.69. The lowest BCUT2D eigenvalue weighted by Crippen LogP contribution is -2.31. The van der Waals surface area contributed by atoms with Crippen LogP contribution in [0.1, 0.15) is 27.9 Å². The molecule has 0 bridgehead atoms. The smallest absolute Gasteiger partial charge is 0.317 e. The molecule has 1 aromatic heterocycles. The van der Waals surface area contributed by atoms with E-state index in [2.05, 4.69) is 10.3 Å². The van der Waals surface area contributed by atoms with Gasteiger partial charge >= 0.3 is 5.97 Å². The summed E-state index contributed by atoms with van der Waals surface area (Å²) in [5, 5.41) is 21.7. The molecule has 11 heteroatoms. The minimum atomic E-state index is -3.44. The SMILES string of the molecule is [B]c1ccc(C(F)(F)CN=c2c(C)cc(C)c(CC(N)=O)n2O)c(CNCC(=O)O)c1. The third-order valence-corrected chi connectivity index (χ3v) is 4.58. The van der Waals surface area contributed by atoms with Gasteiger partial charge in [-0.2, -0.15) is 13.5 Å². The van der Waals surface area contributed by atoms with Crippen molar-refractivity contribution in [2.45, 2.75) is 32.7 Å². The van der Waals surface area contributed by atoms with Crippen molar-refractivity contribution in [1.82, 2.24) is 10.0 Å². The number of carbonyl (C=O) groups is 2. The van der Waals surface area contributed by atoms with Crippen molar-refractivity contribution in [3.63, 3.8) is 0 Å². The van der Waals surface area contributed by atoms with Crippen molar-refractivity contribution < 1.29 is 28.7 Å². The molecule has 0 spiro atoms. The van der Waals surface area contributed by atoms with E-state index in [1.165, 1.54) is 12.1 Å². The molecule has 0 aliphatic carbocycles. The van der Waals surface area contributed by atoms with Gasteiger partial charge < -0.3 is 21.4 Å². The van der Waals surface area contributed by atoms with Crippen molar-refractivity contribution in [2.24, 2.45) is 10.7 Å². The first kappa shape index (κ1) is 24.1. The molecule has 0 atom stereocenters. The highest BCUT2D eigenvalue weighted by molar-refractivity contribution is 6.32. The average Bonchev–Trinajstić information content (AvgIpc) is 2.64. The number of nitrogens with two attached hydrogens (primary N) is 1. The summed E-state index contributed by atoms with van der Waals surface area (Å²) in [5.41, 5.74) is 6.24. The number of hydrogen-bond acceptors (Lipinski definition) is 5. The summed E-state index contributed by atoms with van der Waals surface area (Å²) in [6, 6.07) is 5.44. The van der Waals surface area contributed by atoms with Crippen molar-refractivity contribution in [3.05, 3.63) is 57.7 Å². The predicted molar refractivity (Wildman–Crippen MR) is 109 cm³/mol. The second-order valence-electron chi connectivity index (χ2n) is 7.17. The van der Waals surface area contributed by atoms with Crippen LogP contribution < -0.4 is 22.0 Å². The van der Waals surface area contributed by atoms with Gasteiger partial charge in [-0.05, 0) is 30.5 Å². The highest BCUT2D eigenvalue weighted by atomic mass is 19.3. The van der Waals surface area contributed by atoms with Gasteiger partial charge in [-0.15, -0.1) is 0 Å². The van der Waals surface area contributed by atoms with Crippen molar-refractivity contribution in [3.8, 4) is 0 Å². The maximum Gasteiger partial charge on any atom is 0.317 e. The molecular formula is C20H23BF2N4O4. The van der Waals surface area contributed by atoms with E-state index in [1.54, 1.807) is 19.9 Å². The largest absolute Gasteiger partial charge is 0.480 e. The monoisotopic (exact) mass is 432 g/mol. The van der Waals surface area contributed by atoms with Crippen LogP contribution in [0.2, 0.25) is 0 Å². The molecule has 1 amide bonds. The number of alkyl halides is 2. The second kappa shape index (κ2) is 9.74. The van der Waals surface area contributed by atoms with Crippen LogP contribution in [-0.2, 0) is 28.5 Å². The van der Waals surface area contributed by atoms with Crippen LogP contribution in [0.5, 0.6) is 0 Å². The first-order chi connectivity index (χ1) is 14.4. The zero-order chi connectivity index (χ0) is 23.3. The number of benzene rings is 1. The van der Waals surface area contributed by atoms with E-state index in [-0.39, 0.29) is 40.7 Å². The zero-order valence-electron chi connectivity index (χ0n) is 17.2. The number of hydrogen-bond donors (Lipinski definition) is 4. The van der Waals surface area contributed by atoms with Crippen molar-refractivity contribution in [2.75, 3.05) is 13.1 Å². The third-order valence-electron chi connectivity index (χ3n) is 4.58. The molecule has 1 aromatic carbocycles. The lowest BCUT2D eigenvalue weighted by Gasteiger charge is -2.20. The minimum Gasteiger partial charge on any atom is -0.480 e. The molecule has 0 fully saturated rings. The Labute approximate surface area is 178 Å². The highest BCUT2D eigenvalue weighted by Gasteiger charge is 2.33. The van der Waals surface area contributed by atoms with Gasteiger partial charge in [0.1, 0.15) is 14.4 Å². The number of halogens is 2. The van der Waals surface area contributed by atoms with Crippen LogP contribution in [0.25, 0.3) is 0 Å². The molecular weight excluding hydrogens is 409 g/mol. The Bertz CT molecular complexity index is 1070. The molecule has 164 valence electrons. The molecule has 2 rings (SSSR count). The number of amides is 1. The molecule has 31 heavy (non-hydrogen) atoms. The van der Waals surface area contributed by atoms with E-state index in [0.717, 1.165) is 6.07 Å². The van der Waals surface area contributed by atoms with Crippen LogP contribution in [0.4, 0.5) is 8.78 Å². The Morgan fingerprint density at radius 2 is 1.94 bits per heavy atom. The maximum absolute atomic E-state index is 15.0. The molecule has 0 saturated heterocycles. The zero-order valence-corrected chi connectivity index (χ0v) is 17.2. The fourth-order valence-electron chi connectivity index (χ4n) is 3.19. The van der Waals surface area contributed by atoms with E-state index in [1.807, 2.05) is 0 Å². The molecule has 0 unspecified atom stereocenters. The first-order valence-corrected chi connectivity index (χ1v) is 9.31. The molecule has 0 saturated carbocycles. The van der Waals surface area contributed by atoms with Gasteiger partial charge in [-0.25, -0.2) is 0 Å². The Morgan fingerprint density at radius 3 is 2.55 bits per heavy atom. The average molecular weight is 432 g/mol. The predicted octanol–water partition coefficient (Wildman–Crippen LogP) is 0.0307. The standard InChI is InChI=1S/C20H23BF2N4O4/c1-11-5-12(2)19(27(31)16(11)7-17(24)28)26-10-20(22,23)15-4-3-14(21)6-13(15)8-25-9-18(29)30/h3-6,25,31H,7-10H2,1-2H3,(H2,24,28)(H,29,30). The molecule has 2 radical (unpaired) electrons. The second-order valence-corrected chi connectivity index (χ2v) is 7.17. The number of carboxylic acids is 1. The van der Waals surface area contributed by atoms with E-state index in [0.29, 0.717) is 15.9 Å². The molecule has 5 N–H and O–H groups in total. The molecule has 2 aromatic rings. The van der Waals surface area contributed by atoms with Crippen molar-refractivity contribution in [1.29, 1.82) is 0 Å². The van der Waals surface area contributed by atoms with Gasteiger partial charge in [0.2, 0.25) is 5.91 Å². The van der Waals surface area contributed by atoms with Gasteiger partial charge in [-0.1, -0.05) is 29.7 Å². The van der Waals surface area contributed by atoms with Gasteiger partial charge in [-0.3, -0.25) is 14.6 Å². The van der Waals surface area contributed by atoms with Crippen LogP contribution in [-0.4, -0.2) is 47.9 Å². The summed E-state index contributed by atoms with van der Waals surface area (Å²) in [5.74, 6) is -5.25. The number of aliphatic carboxylic acids is 1. The number of carboxylic acid groups (broad SMARTS) is 1. The number of nitrogens with one attached hydrogen (secondary N) is 1. The number of primary amides is 1. The minimum absolute atomic E-state index is 0.123. The third kappa shape index (κ3) is 6.14. The number of pyridine rings is 1. The number of rotatable bonds is 9. The van der Waals surface area contributed by atoms with Crippen LogP contribution >= 0.6 is 0 Å². The molecule has 8 nitrogen and oxygen atoms in total. The number of aromatic nitrogens is 1. The number of nitrogens with zero attached hydrogens (tertiary/aromatic N) is 2. The molecule has 0 aliphatic heterocycles. The Morgan fingerprint density at radius 1 is 1.26 bits per heavy atom. The number of carbonyl (C=O) groups excluding carboxylic acids is 1. The Balaban J connectivity index is 2.42. The van der Waals surface area contributed by atoms with E-state index >= 15 is 8.78 Å². The Hall–Kier alpha value is -3.21. The first-order valence-electron chi connectivity index (χ1n) is 9.31. The quantitative estimate of drug-likeness (QED) is 0.328. The lowest BCUT2D eigenvalue weighted by atomic mass is 9.90. The van der Waals surface area contributed by atoms with Crippen LogP contribution in [0.3, 0.4) is 0 Å². The van der Waals surface area contributed by atoms with Gasteiger partial charge in [0, 0.05) is 12.1 Å². The van der Waals surface area contributed by atoms with Crippen LogP contribution in [0.15, 0.2) is 29.3 Å². The topological polar surface area (TPSA) is 130 Å². The highest BCUT2D eigenvalue weighted by Crippen LogP contribution is 2.30. The fraction of sp³-hybridized carbons (Fsp3) is 0.350. The summed E-state index contributed by atoms with van der Waals surface area (Å²) in [6.45, 7) is 1.72. The Kier molecular flexibility index (Phi) is 7.56. The van der Waals surface area contributed by atoms with Gasteiger partial charge in [0.05, 0.1) is 18.7 Å². The van der Waals surface area contributed by atoms with E-state index in [4.69, 9.17) is 18.7 Å². The summed E-state index contributed by atoms with van der Waals surface area (Å²) in [6.07, 6.45) is -0.279. The van der Waals surface area contributed by atoms with Crippen molar-refractivity contribution >= 4 is 25.2 Å². The lowest BCUT2D eigenvalue weighted by molar-refractivity contribution is -0.136. The normalized spacial score (nSPS) is 12.2.